The van der Waals surface area contributed by atoms with Gasteiger partial charge in [-0.3, -0.25) is 18.7 Å². The predicted octanol–water partition coefficient (Wildman–Crippen LogP) is 1.44. The first-order chi connectivity index (χ1) is 12.6. The Morgan fingerprint density at radius 3 is 3.04 bits per heavy atom. The van der Waals surface area contributed by atoms with Gasteiger partial charge < -0.3 is 9.88 Å². The second kappa shape index (κ2) is 6.78. The van der Waals surface area contributed by atoms with E-state index in [1.165, 1.54) is 4.40 Å². The Hall–Kier alpha value is -2.90. The SMILES string of the molecule is Cn1nccc1CCC(=O)N1CCCC[C@H]1c1cc(=O)n2ccnc2[nH]1. The normalized spacial score (nSPS) is 17.7. The summed E-state index contributed by atoms with van der Waals surface area (Å²) < 4.78 is 3.27. The highest BCUT2D eigenvalue weighted by atomic mass is 16.2. The molecule has 0 aromatic carbocycles. The molecule has 1 atom stereocenters. The smallest absolute Gasteiger partial charge is 0.259 e. The third-order valence-corrected chi connectivity index (χ3v) is 5.11. The number of likely N-dealkylation sites (tertiary alicyclic amines) is 1. The van der Waals surface area contributed by atoms with Gasteiger partial charge in [-0.15, -0.1) is 0 Å². The third kappa shape index (κ3) is 3.02. The zero-order chi connectivity index (χ0) is 18.1. The maximum absolute atomic E-state index is 12.9. The quantitative estimate of drug-likeness (QED) is 0.768. The Labute approximate surface area is 150 Å². The van der Waals surface area contributed by atoms with Crippen LogP contribution in [-0.4, -0.2) is 41.5 Å². The van der Waals surface area contributed by atoms with E-state index in [0.29, 0.717) is 18.6 Å². The lowest BCUT2D eigenvalue weighted by Gasteiger charge is -2.35. The van der Waals surface area contributed by atoms with Crippen molar-refractivity contribution < 1.29 is 4.79 Å². The van der Waals surface area contributed by atoms with E-state index in [9.17, 15) is 9.59 Å². The summed E-state index contributed by atoms with van der Waals surface area (Å²) >= 11 is 0. The van der Waals surface area contributed by atoms with Gasteiger partial charge in [-0.25, -0.2) is 4.98 Å². The van der Waals surface area contributed by atoms with Crippen molar-refractivity contribution in [1.82, 2.24) is 29.0 Å². The van der Waals surface area contributed by atoms with Crippen LogP contribution in [0.5, 0.6) is 0 Å². The van der Waals surface area contributed by atoms with E-state index in [2.05, 4.69) is 15.1 Å². The van der Waals surface area contributed by atoms with E-state index in [1.807, 2.05) is 18.0 Å². The average Bonchev–Trinajstić information content (AvgIpc) is 3.28. The van der Waals surface area contributed by atoms with Crippen molar-refractivity contribution in [3.63, 3.8) is 0 Å². The first-order valence-electron chi connectivity index (χ1n) is 8.96. The fourth-order valence-corrected chi connectivity index (χ4v) is 3.70. The van der Waals surface area contributed by atoms with E-state index in [1.54, 1.807) is 29.3 Å². The zero-order valence-corrected chi connectivity index (χ0v) is 14.8. The summed E-state index contributed by atoms with van der Waals surface area (Å²) in [6, 6.07) is 3.42. The van der Waals surface area contributed by atoms with Crippen LogP contribution in [0, 0.1) is 0 Å². The van der Waals surface area contributed by atoms with Crippen LogP contribution in [-0.2, 0) is 18.3 Å². The number of imidazole rings is 1. The lowest BCUT2D eigenvalue weighted by Crippen LogP contribution is -2.39. The molecule has 8 nitrogen and oxygen atoms in total. The van der Waals surface area contributed by atoms with E-state index in [-0.39, 0.29) is 17.5 Å². The minimum Gasteiger partial charge on any atom is -0.334 e. The fraction of sp³-hybridized carbons (Fsp3) is 0.444. The molecule has 26 heavy (non-hydrogen) atoms. The fourth-order valence-electron chi connectivity index (χ4n) is 3.70. The van der Waals surface area contributed by atoms with Gasteiger partial charge in [-0.1, -0.05) is 0 Å². The molecule has 4 heterocycles. The molecular weight excluding hydrogens is 332 g/mol. The number of aryl methyl sites for hydroxylation is 2. The number of H-pyrrole nitrogens is 1. The van der Waals surface area contributed by atoms with E-state index >= 15 is 0 Å². The van der Waals surface area contributed by atoms with Crippen molar-refractivity contribution in [2.24, 2.45) is 7.05 Å². The number of carbonyl (C=O) groups excluding carboxylic acids is 1. The van der Waals surface area contributed by atoms with Gasteiger partial charge >= 0.3 is 0 Å². The minimum absolute atomic E-state index is 0.0998. The van der Waals surface area contributed by atoms with Gasteiger partial charge in [0.05, 0.1) is 6.04 Å². The number of aromatic nitrogens is 5. The molecule has 1 saturated heterocycles. The van der Waals surface area contributed by atoms with Crippen LogP contribution in [0.1, 0.15) is 43.1 Å². The number of carbonyl (C=O) groups is 1. The molecule has 0 radical (unpaired) electrons. The second-order valence-electron chi connectivity index (χ2n) is 6.73. The molecule has 3 aromatic rings. The Balaban J connectivity index is 1.56. The number of piperidine rings is 1. The first-order valence-corrected chi connectivity index (χ1v) is 8.96. The number of amides is 1. The summed E-state index contributed by atoms with van der Waals surface area (Å²) in [6.45, 7) is 0.719. The van der Waals surface area contributed by atoms with Crippen LogP contribution < -0.4 is 5.56 Å². The van der Waals surface area contributed by atoms with E-state index in [0.717, 1.165) is 37.2 Å². The molecule has 136 valence electrons. The number of fused-ring (bicyclic) bond motifs is 1. The van der Waals surface area contributed by atoms with Crippen LogP contribution >= 0.6 is 0 Å². The lowest BCUT2D eigenvalue weighted by molar-refractivity contribution is -0.135. The number of hydrogen-bond acceptors (Lipinski definition) is 4. The van der Waals surface area contributed by atoms with Crippen molar-refractivity contribution in [2.45, 2.75) is 38.1 Å². The van der Waals surface area contributed by atoms with Crippen LogP contribution in [0.2, 0.25) is 0 Å². The van der Waals surface area contributed by atoms with Crippen molar-refractivity contribution >= 4 is 11.7 Å². The van der Waals surface area contributed by atoms with Gasteiger partial charge in [-0.2, -0.15) is 5.10 Å². The topological polar surface area (TPSA) is 88.3 Å². The molecule has 0 bridgehead atoms. The summed E-state index contributed by atoms with van der Waals surface area (Å²) in [6.07, 6.45) is 8.95. The molecule has 1 aliphatic rings. The van der Waals surface area contributed by atoms with Crippen molar-refractivity contribution in [2.75, 3.05) is 6.54 Å². The maximum Gasteiger partial charge on any atom is 0.259 e. The zero-order valence-electron chi connectivity index (χ0n) is 14.8. The molecular formula is C18H22N6O2. The molecule has 3 aromatic heterocycles. The highest BCUT2D eigenvalue weighted by Crippen LogP contribution is 2.30. The Bertz CT molecular complexity index is 985. The summed E-state index contributed by atoms with van der Waals surface area (Å²) in [4.78, 5) is 34.5. The van der Waals surface area contributed by atoms with Crippen LogP contribution in [0.3, 0.4) is 0 Å². The number of nitrogens with one attached hydrogen (secondary N) is 1. The Morgan fingerprint density at radius 1 is 1.35 bits per heavy atom. The van der Waals surface area contributed by atoms with Gasteiger partial charge in [-0.05, 0) is 31.7 Å². The lowest BCUT2D eigenvalue weighted by atomic mass is 9.98. The van der Waals surface area contributed by atoms with Crippen LogP contribution in [0.4, 0.5) is 0 Å². The molecule has 0 saturated carbocycles. The summed E-state index contributed by atoms with van der Waals surface area (Å²) in [5.41, 5.74) is 1.68. The van der Waals surface area contributed by atoms with Gasteiger partial charge in [0.25, 0.3) is 5.56 Å². The molecule has 8 heteroatoms. The summed E-state index contributed by atoms with van der Waals surface area (Å²) in [7, 11) is 1.88. The molecule has 1 amide bonds. The molecule has 1 N–H and O–H groups in total. The predicted molar refractivity (Wildman–Crippen MR) is 95.6 cm³/mol. The van der Waals surface area contributed by atoms with Crippen molar-refractivity contribution in [3.8, 4) is 0 Å². The molecule has 1 aliphatic heterocycles. The van der Waals surface area contributed by atoms with E-state index < -0.39 is 0 Å². The molecule has 4 rings (SSSR count). The van der Waals surface area contributed by atoms with Crippen molar-refractivity contribution in [3.05, 3.63) is 52.5 Å². The van der Waals surface area contributed by atoms with Gasteiger partial charge in [0.2, 0.25) is 11.7 Å². The standard InChI is InChI=1S/C18H22N6O2/c1-22-13(7-8-20-22)5-6-16(25)23-10-3-2-4-15(23)14-12-17(26)24-11-9-19-18(24)21-14/h7-9,11-12,15H,2-6,10H2,1H3,(H,19,21)/t15-/m0/s1. The largest absolute Gasteiger partial charge is 0.334 e. The third-order valence-electron chi connectivity index (χ3n) is 5.11. The minimum atomic E-state index is -0.126. The molecule has 1 fully saturated rings. The van der Waals surface area contributed by atoms with Crippen molar-refractivity contribution in [1.29, 1.82) is 0 Å². The second-order valence-corrected chi connectivity index (χ2v) is 6.73. The number of nitrogens with zero attached hydrogens (tertiary/aromatic N) is 5. The Kier molecular flexibility index (Phi) is 4.32. The van der Waals surface area contributed by atoms with E-state index in [4.69, 9.17) is 0 Å². The highest BCUT2D eigenvalue weighted by Gasteiger charge is 2.29. The highest BCUT2D eigenvalue weighted by molar-refractivity contribution is 5.77. The monoisotopic (exact) mass is 354 g/mol. The number of aromatic amines is 1. The summed E-state index contributed by atoms with van der Waals surface area (Å²) in [5, 5.41) is 4.15. The Morgan fingerprint density at radius 2 is 2.23 bits per heavy atom. The van der Waals surface area contributed by atoms with Gasteiger partial charge in [0.15, 0.2) is 0 Å². The van der Waals surface area contributed by atoms with Crippen LogP contribution in [0.15, 0.2) is 35.5 Å². The number of hydrogen-bond donors (Lipinski definition) is 1. The average molecular weight is 354 g/mol. The van der Waals surface area contributed by atoms with Gasteiger partial charge in [0.1, 0.15) is 0 Å². The van der Waals surface area contributed by atoms with Gasteiger partial charge in [0, 0.05) is 56.1 Å². The molecule has 0 unspecified atom stereocenters. The number of rotatable bonds is 4. The summed E-state index contributed by atoms with van der Waals surface area (Å²) in [5.74, 6) is 0.625. The first kappa shape index (κ1) is 16.6. The molecule has 0 aliphatic carbocycles. The molecule has 0 spiro atoms. The van der Waals surface area contributed by atoms with Crippen LogP contribution in [0.25, 0.3) is 5.78 Å². The maximum atomic E-state index is 12.9.